The molecule has 7 nitrogen and oxygen atoms in total. The van der Waals surface area contributed by atoms with E-state index in [1.807, 2.05) is 0 Å². The Morgan fingerprint density at radius 1 is 1.29 bits per heavy atom. The van der Waals surface area contributed by atoms with Crippen molar-refractivity contribution in [3.8, 4) is 0 Å². The van der Waals surface area contributed by atoms with E-state index in [-0.39, 0.29) is 30.0 Å². The Labute approximate surface area is 124 Å². The molecule has 7 heteroatoms. The van der Waals surface area contributed by atoms with Gasteiger partial charge in [-0.25, -0.2) is 9.97 Å². The summed E-state index contributed by atoms with van der Waals surface area (Å²) in [6.45, 7) is 5.87. The van der Waals surface area contributed by atoms with Crippen molar-refractivity contribution in [2.45, 2.75) is 39.7 Å². The molecule has 0 aliphatic heterocycles. The van der Waals surface area contributed by atoms with Crippen LogP contribution in [0.5, 0.6) is 0 Å². The van der Waals surface area contributed by atoms with Crippen molar-refractivity contribution >= 4 is 17.8 Å². The number of carbonyl (C=O) groups is 2. The maximum absolute atomic E-state index is 12.4. The van der Waals surface area contributed by atoms with Crippen molar-refractivity contribution < 1.29 is 9.59 Å². The summed E-state index contributed by atoms with van der Waals surface area (Å²) < 4.78 is 0. The fourth-order valence-electron chi connectivity index (χ4n) is 1.96. The van der Waals surface area contributed by atoms with E-state index in [9.17, 15) is 9.59 Å². The molecule has 116 valence electrons. The highest BCUT2D eigenvalue weighted by atomic mass is 16.2. The van der Waals surface area contributed by atoms with Gasteiger partial charge in [-0.3, -0.25) is 9.59 Å². The first-order valence-corrected chi connectivity index (χ1v) is 6.89. The average molecular weight is 293 g/mol. The van der Waals surface area contributed by atoms with Gasteiger partial charge in [-0.05, 0) is 25.3 Å². The molecule has 0 spiro atoms. The minimum atomic E-state index is -0.454. The van der Waals surface area contributed by atoms with E-state index in [4.69, 9.17) is 11.5 Å². The Morgan fingerprint density at radius 3 is 2.43 bits per heavy atom. The quantitative estimate of drug-likeness (QED) is 0.796. The van der Waals surface area contributed by atoms with E-state index in [1.165, 1.54) is 4.90 Å². The molecule has 1 aromatic rings. The minimum Gasteiger partial charge on any atom is -0.370 e. The molecule has 1 aromatic heterocycles. The third kappa shape index (κ3) is 5.02. The second-order valence-electron chi connectivity index (χ2n) is 5.64. The van der Waals surface area contributed by atoms with Gasteiger partial charge in [-0.2, -0.15) is 0 Å². The highest BCUT2D eigenvalue weighted by molar-refractivity contribution is 5.93. The number of primary amides is 1. The standard InChI is InChI=1S/C14H23N5O2/c1-8(2)5-10-7-11(18-14(16)17-10)13(21)19(4)9(3)6-12(15)20/h7-9H,5-6H2,1-4H3,(H2,15,20)(H2,16,17,18). The van der Waals surface area contributed by atoms with E-state index in [0.717, 1.165) is 5.69 Å². The lowest BCUT2D eigenvalue weighted by atomic mass is 10.1. The van der Waals surface area contributed by atoms with E-state index >= 15 is 0 Å². The average Bonchev–Trinajstić information content (AvgIpc) is 2.34. The Hall–Kier alpha value is -2.18. The van der Waals surface area contributed by atoms with Crippen LogP contribution in [-0.2, 0) is 11.2 Å². The Kier molecular flexibility index (Phi) is 5.63. The molecule has 1 unspecified atom stereocenters. The monoisotopic (exact) mass is 293 g/mol. The van der Waals surface area contributed by atoms with Gasteiger partial charge in [0, 0.05) is 25.2 Å². The Balaban J connectivity index is 2.95. The molecular formula is C14H23N5O2. The number of nitrogens with two attached hydrogens (primary N) is 2. The van der Waals surface area contributed by atoms with E-state index in [0.29, 0.717) is 12.3 Å². The van der Waals surface area contributed by atoms with Gasteiger partial charge in [-0.15, -0.1) is 0 Å². The van der Waals surface area contributed by atoms with Crippen molar-refractivity contribution in [3.05, 3.63) is 17.5 Å². The fourth-order valence-corrected chi connectivity index (χ4v) is 1.96. The summed E-state index contributed by atoms with van der Waals surface area (Å²) in [5, 5.41) is 0. The van der Waals surface area contributed by atoms with Crippen molar-refractivity contribution in [1.29, 1.82) is 0 Å². The van der Waals surface area contributed by atoms with Crippen LogP contribution in [0.4, 0.5) is 5.95 Å². The largest absolute Gasteiger partial charge is 0.370 e. The lowest BCUT2D eigenvalue weighted by Crippen LogP contribution is -2.38. The number of anilines is 1. The topological polar surface area (TPSA) is 115 Å². The van der Waals surface area contributed by atoms with Crippen LogP contribution >= 0.6 is 0 Å². The maximum atomic E-state index is 12.4. The number of aromatic nitrogens is 2. The number of nitrogens with zero attached hydrogens (tertiary/aromatic N) is 3. The van der Waals surface area contributed by atoms with Crippen molar-refractivity contribution in [2.24, 2.45) is 11.7 Å². The maximum Gasteiger partial charge on any atom is 0.272 e. The van der Waals surface area contributed by atoms with Crippen LogP contribution in [0.1, 0.15) is 43.4 Å². The molecule has 2 amide bonds. The number of carbonyl (C=O) groups excluding carboxylic acids is 2. The van der Waals surface area contributed by atoms with Gasteiger partial charge in [0.25, 0.3) is 5.91 Å². The predicted octanol–water partition coefficient (Wildman–Crippen LogP) is 0.593. The van der Waals surface area contributed by atoms with Gasteiger partial charge >= 0.3 is 0 Å². The summed E-state index contributed by atoms with van der Waals surface area (Å²) in [5.41, 5.74) is 11.8. The molecule has 0 fully saturated rings. The van der Waals surface area contributed by atoms with Crippen molar-refractivity contribution in [2.75, 3.05) is 12.8 Å². The summed E-state index contributed by atoms with van der Waals surface area (Å²) in [5.74, 6) is -0.283. The molecule has 1 heterocycles. The van der Waals surface area contributed by atoms with E-state index < -0.39 is 5.91 Å². The molecule has 0 radical (unpaired) electrons. The molecule has 0 aliphatic rings. The molecular weight excluding hydrogens is 270 g/mol. The lowest BCUT2D eigenvalue weighted by molar-refractivity contribution is -0.118. The van der Waals surface area contributed by atoms with E-state index in [1.54, 1.807) is 20.0 Å². The zero-order valence-electron chi connectivity index (χ0n) is 13.0. The fraction of sp³-hybridized carbons (Fsp3) is 0.571. The SMILES string of the molecule is CC(C)Cc1cc(C(=O)N(C)C(C)CC(N)=O)nc(N)n1. The van der Waals surface area contributed by atoms with Crippen LogP contribution in [0.25, 0.3) is 0 Å². The van der Waals surface area contributed by atoms with Gasteiger partial charge in [0.15, 0.2) is 0 Å². The smallest absolute Gasteiger partial charge is 0.272 e. The molecule has 0 aromatic carbocycles. The first-order valence-electron chi connectivity index (χ1n) is 6.89. The molecule has 21 heavy (non-hydrogen) atoms. The summed E-state index contributed by atoms with van der Waals surface area (Å²) in [7, 11) is 1.61. The Bertz CT molecular complexity index is 530. The van der Waals surface area contributed by atoms with Crippen LogP contribution in [0.3, 0.4) is 0 Å². The second kappa shape index (κ2) is 7.01. The zero-order chi connectivity index (χ0) is 16.2. The third-order valence-electron chi connectivity index (χ3n) is 3.11. The Morgan fingerprint density at radius 2 is 1.90 bits per heavy atom. The highest BCUT2D eigenvalue weighted by Gasteiger charge is 2.21. The second-order valence-corrected chi connectivity index (χ2v) is 5.64. The van der Waals surface area contributed by atoms with Crippen LogP contribution in [0.2, 0.25) is 0 Å². The summed E-state index contributed by atoms with van der Waals surface area (Å²) in [6, 6.07) is 1.34. The molecule has 0 saturated heterocycles. The molecule has 1 atom stereocenters. The molecule has 0 aliphatic carbocycles. The van der Waals surface area contributed by atoms with Crippen LogP contribution in [-0.4, -0.2) is 39.8 Å². The lowest BCUT2D eigenvalue weighted by Gasteiger charge is -2.23. The number of nitrogen functional groups attached to an aromatic ring is 1. The third-order valence-corrected chi connectivity index (χ3v) is 3.11. The summed E-state index contributed by atoms with van der Waals surface area (Å²) in [4.78, 5) is 32.9. The van der Waals surface area contributed by atoms with Crippen LogP contribution in [0, 0.1) is 5.92 Å². The first kappa shape index (κ1) is 16.9. The number of hydrogen-bond acceptors (Lipinski definition) is 5. The highest BCUT2D eigenvalue weighted by Crippen LogP contribution is 2.12. The van der Waals surface area contributed by atoms with Crippen LogP contribution in [0.15, 0.2) is 6.07 Å². The zero-order valence-corrected chi connectivity index (χ0v) is 13.0. The number of amides is 2. The minimum absolute atomic E-state index is 0.0763. The molecule has 0 bridgehead atoms. The summed E-state index contributed by atoms with van der Waals surface area (Å²) in [6.07, 6.45) is 0.815. The predicted molar refractivity (Wildman–Crippen MR) is 80.4 cm³/mol. The molecule has 4 N–H and O–H groups in total. The normalized spacial score (nSPS) is 12.2. The number of rotatable bonds is 6. The van der Waals surface area contributed by atoms with Gasteiger partial charge in [-0.1, -0.05) is 13.8 Å². The summed E-state index contributed by atoms with van der Waals surface area (Å²) >= 11 is 0. The molecule has 1 rings (SSSR count). The van der Waals surface area contributed by atoms with Crippen molar-refractivity contribution in [1.82, 2.24) is 14.9 Å². The van der Waals surface area contributed by atoms with Gasteiger partial charge in [0.1, 0.15) is 5.69 Å². The van der Waals surface area contributed by atoms with E-state index in [2.05, 4.69) is 23.8 Å². The van der Waals surface area contributed by atoms with Gasteiger partial charge in [0.05, 0.1) is 0 Å². The van der Waals surface area contributed by atoms with Gasteiger partial charge < -0.3 is 16.4 Å². The van der Waals surface area contributed by atoms with Crippen molar-refractivity contribution in [3.63, 3.8) is 0 Å². The van der Waals surface area contributed by atoms with Gasteiger partial charge in [0.2, 0.25) is 11.9 Å². The molecule has 0 saturated carbocycles. The number of hydrogen-bond donors (Lipinski definition) is 2. The first-order chi connectivity index (χ1) is 9.70. The van der Waals surface area contributed by atoms with Crippen LogP contribution < -0.4 is 11.5 Å².